The lowest BCUT2D eigenvalue weighted by atomic mass is 9.87. The molecule has 7 heteroatoms. The minimum atomic E-state index is -0.966. The number of carbonyl (C=O) groups excluding carboxylic acids is 1. The molecule has 0 aliphatic carbocycles. The summed E-state index contributed by atoms with van der Waals surface area (Å²) in [6.07, 6.45) is 5.60. The first kappa shape index (κ1) is 23.1. The number of halogens is 1. The van der Waals surface area contributed by atoms with Crippen molar-refractivity contribution in [2.24, 2.45) is 11.0 Å². The summed E-state index contributed by atoms with van der Waals surface area (Å²) < 4.78 is 10.3. The third-order valence-corrected chi connectivity index (χ3v) is 5.26. The van der Waals surface area contributed by atoms with Crippen LogP contribution in [0.15, 0.2) is 41.5 Å². The summed E-state index contributed by atoms with van der Waals surface area (Å²) in [5, 5.41) is 15.8. The Morgan fingerprint density at radius 3 is 2.86 bits per heavy atom. The number of carbonyl (C=O) groups is 1. The summed E-state index contributed by atoms with van der Waals surface area (Å²) in [6, 6.07) is 5.22. The zero-order valence-corrected chi connectivity index (χ0v) is 17.9. The van der Waals surface area contributed by atoms with Crippen molar-refractivity contribution in [1.29, 1.82) is 0 Å². The van der Waals surface area contributed by atoms with Gasteiger partial charge in [-0.15, -0.1) is 0 Å². The second kappa shape index (κ2) is 11.1. The normalized spacial score (nSPS) is 19.6. The van der Waals surface area contributed by atoms with E-state index in [1.165, 1.54) is 7.11 Å². The molecule has 1 saturated heterocycles. The van der Waals surface area contributed by atoms with Gasteiger partial charge < -0.3 is 14.6 Å². The van der Waals surface area contributed by atoms with Gasteiger partial charge in [0.2, 0.25) is 0 Å². The average Bonchev–Trinajstić information content (AvgIpc) is 2.75. The van der Waals surface area contributed by atoms with E-state index in [0.717, 1.165) is 37.0 Å². The lowest BCUT2D eigenvalue weighted by Crippen LogP contribution is -2.31. The molecule has 3 atom stereocenters. The zero-order valence-electron chi connectivity index (χ0n) is 17.2. The molecule has 6 nitrogen and oxygen atoms in total. The molecule has 1 aliphatic rings. The van der Waals surface area contributed by atoms with Crippen LogP contribution < -0.4 is 5.43 Å². The summed E-state index contributed by atoms with van der Waals surface area (Å²) in [4.78, 5) is 11.8. The Morgan fingerprint density at radius 2 is 2.24 bits per heavy atom. The molecule has 1 aromatic rings. The predicted molar refractivity (Wildman–Crippen MR) is 116 cm³/mol. The first-order valence-electron chi connectivity index (χ1n) is 9.70. The van der Waals surface area contributed by atoms with Crippen molar-refractivity contribution in [2.45, 2.75) is 45.4 Å². The highest BCUT2D eigenvalue weighted by molar-refractivity contribution is 6.31. The van der Waals surface area contributed by atoms with Crippen molar-refractivity contribution in [3.63, 3.8) is 0 Å². The Labute approximate surface area is 177 Å². The Bertz CT molecular complexity index is 785. The predicted octanol–water partition coefficient (Wildman–Crippen LogP) is 4.24. The summed E-state index contributed by atoms with van der Waals surface area (Å²) in [5.41, 5.74) is 5.35. The number of benzene rings is 1. The Morgan fingerprint density at radius 1 is 1.48 bits per heavy atom. The van der Waals surface area contributed by atoms with Crippen molar-refractivity contribution in [1.82, 2.24) is 5.43 Å². The molecule has 158 valence electrons. The van der Waals surface area contributed by atoms with E-state index in [2.05, 4.69) is 17.1 Å². The second-order valence-corrected chi connectivity index (χ2v) is 7.40. The number of hydrazone groups is 1. The number of aliphatic hydroxyl groups is 1. The number of nitrogens with one attached hydrogen (secondary N) is 1. The Kier molecular flexibility index (Phi) is 8.89. The van der Waals surface area contributed by atoms with Crippen LogP contribution in [0.1, 0.15) is 50.3 Å². The minimum absolute atomic E-state index is 0.0917. The zero-order chi connectivity index (χ0) is 21.4. The molecule has 0 spiro atoms. The molecule has 0 bridgehead atoms. The van der Waals surface area contributed by atoms with Crippen LogP contribution in [0.2, 0.25) is 5.02 Å². The van der Waals surface area contributed by atoms with Crippen LogP contribution in [0.3, 0.4) is 0 Å². The van der Waals surface area contributed by atoms with E-state index in [9.17, 15) is 9.90 Å². The number of methoxy groups -OCH3 is 1. The Balaban J connectivity index is 2.25. The fourth-order valence-electron chi connectivity index (χ4n) is 3.15. The van der Waals surface area contributed by atoms with E-state index in [0.29, 0.717) is 10.6 Å². The number of aliphatic hydroxyl groups excluding tert-OH is 1. The first-order chi connectivity index (χ1) is 13.9. The maximum absolute atomic E-state index is 11.8. The van der Waals surface area contributed by atoms with Gasteiger partial charge in [0.1, 0.15) is 6.23 Å². The lowest BCUT2D eigenvalue weighted by molar-refractivity contribution is -0.137. The molecular weight excluding hydrogens is 392 g/mol. The highest BCUT2D eigenvalue weighted by Crippen LogP contribution is 2.33. The molecule has 3 unspecified atom stereocenters. The van der Waals surface area contributed by atoms with Gasteiger partial charge >= 0.3 is 5.97 Å². The van der Waals surface area contributed by atoms with Crippen molar-refractivity contribution < 1.29 is 19.4 Å². The van der Waals surface area contributed by atoms with Crippen LogP contribution in [0.4, 0.5) is 0 Å². The fraction of sp³-hybridized carbons (Fsp3) is 0.455. The highest BCUT2D eigenvalue weighted by atomic mass is 35.5. The summed E-state index contributed by atoms with van der Waals surface area (Å²) >= 11 is 6.21. The number of rotatable bonds is 8. The second-order valence-electron chi connectivity index (χ2n) is 6.97. The molecule has 1 heterocycles. The number of nitrogens with zero attached hydrogens (tertiary/aromatic N) is 1. The molecule has 1 fully saturated rings. The van der Waals surface area contributed by atoms with E-state index in [-0.39, 0.29) is 11.8 Å². The van der Waals surface area contributed by atoms with Crippen molar-refractivity contribution >= 4 is 29.4 Å². The summed E-state index contributed by atoms with van der Waals surface area (Å²) in [5.74, 6) is -1.08. The van der Waals surface area contributed by atoms with Crippen LogP contribution in [0.5, 0.6) is 0 Å². The molecule has 2 N–H and O–H groups in total. The van der Waals surface area contributed by atoms with E-state index >= 15 is 0 Å². The number of ether oxygens (including phenoxy) is 2. The summed E-state index contributed by atoms with van der Waals surface area (Å²) in [6.45, 7) is 8.10. The first-order valence-corrected chi connectivity index (χ1v) is 10.1. The van der Waals surface area contributed by atoms with Crippen LogP contribution in [0.25, 0.3) is 5.57 Å². The number of hydrogen-bond acceptors (Lipinski definition) is 6. The van der Waals surface area contributed by atoms with Gasteiger partial charge in [0.25, 0.3) is 0 Å². The topological polar surface area (TPSA) is 80.2 Å². The molecule has 1 aliphatic heterocycles. The average molecular weight is 421 g/mol. The quantitative estimate of drug-likeness (QED) is 0.284. The molecular formula is C22H29ClN2O4. The van der Waals surface area contributed by atoms with E-state index in [4.69, 9.17) is 21.1 Å². The minimum Gasteiger partial charge on any atom is -0.466 e. The van der Waals surface area contributed by atoms with Gasteiger partial charge in [0, 0.05) is 23.1 Å². The third kappa shape index (κ3) is 6.16. The standard InChI is InChI=1S/C22H29ClN2O4/c1-5-16(13-24-25-20-8-6-7-11-29-20)19-12-17(23)9-10-18(19)21(26)14(2)15(3)22(27)28-4/h5,9-10,12-14,20-21,25-26H,3,6-8,11H2,1-2,4H3/b16-5+,24-13-. The molecule has 2 rings (SSSR count). The molecule has 0 radical (unpaired) electrons. The SMILES string of the molecule is C=C(C(=O)OC)C(C)C(O)c1ccc(Cl)cc1C(/C=N\NC1CCCCO1)=C/C. The lowest BCUT2D eigenvalue weighted by Gasteiger charge is -2.23. The van der Waals surface area contributed by atoms with Gasteiger partial charge in [-0.2, -0.15) is 5.10 Å². The van der Waals surface area contributed by atoms with Crippen LogP contribution in [-0.4, -0.2) is 37.2 Å². The smallest absolute Gasteiger partial charge is 0.333 e. The van der Waals surface area contributed by atoms with E-state index < -0.39 is 18.0 Å². The molecule has 29 heavy (non-hydrogen) atoms. The van der Waals surface area contributed by atoms with Crippen molar-refractivity contribution in [3.05, 3.63) is 52.6 Å². The van der Waals surface area contributed by atoms with E-state index in [1.54, 1.807) is 31.3 Å². The number of esters is 1. The monoisotopic (exact) mass is 420 g/mol. The van der Waals surface area contributed by atoms with Gasteiger partial charge in [0.05, 0.1) is 19.4 Å². The maximum Gasteiger partial charge on any atom is 0.333 e. The largest absolute Gasteiger partial charge is 0.466 e. The molecule has 0 amide bonds. The highest BCUT2D eigenvalue weighted by Gasteiger charge is 2.26. The number of hydrogen-bond donors (Lipinski definition) is 2. The fourth-order valence-corrected chi connectivity index (χ4v) is 3.32. The molecule has 0 aromatic heterocycles. The maximum atomic E-state index is 11.8. The Hall–Kier alpha value is -2.15. The van der Waals surface area contributed by atoms with Gasteiger partial charge in [-0.25, -0.2) is 4.79 Å². The molecule has 0 saturated carbocycles. The van der Waals surface area contributed by atoms with Gasteiger partial charge in [0.15, 0.2) is 0 Å². The van der Waals surface area contributed by atoms with Crippen LogP contribution in [-0.2, 0) is 14.3 Å². The molecule has 1 aromatic carbocycles. The van der Waals surface area contributed by atoms with Crippen LogP contribution >= 0.6 is 11.6 Å². The van der Waals surface area contributed by atoms with Crippen LogP contribution in [0, 0.1) is 5.92 Å². The van der Waals surface area contributed by atoms with Gasteiger partial charge in [-0.3, -0.25) is 5.43 Å². The van der Waals surface area contributed by atoms with Crippen molar-refractivity contribution in [3.8, 4) is 0 Å². The summed E-state index contributed by atoms with van der Waals surface area (Å²) in [7, 11) is 1.29. The van der Waals surface area contributed by atoms with Gasteiger partial charge in [-0.05, 0) is 55.0 Å². The number of allylic oxidation sites excluding steroid dienone is 2. The third-order valence-electron chi connectivity index (χ3n) is 5.03. The van der Waals surface area contributed by atoms with E-state index in [1.807, 2.05) is 13.0 Å². The van der Waals surface area contributed by atoms with Crippen molar-refractivity contribution in [2.75, 3.05) is 13.7 Å². The van der Waals surface area contributed by atoms with Gasteiger partial charge in [-0.1, -0.05) is 37.2 Å².